The fourth-order valence-electron chi connectivity index (χ4n) is 3.02. The molecule has 126 valence electrons. The fourth-order valence-corrected chi connectivity index (χ4v) is 4.71. The van der Waals surface area contributed by atoms with Gasteiger partial charge >= 0.3 is 0 Å². The van der Waals surface area contributed by atoms with Gasteiger partial charge in [-0.05, 0) is 38.0 Å². The van der Waals surface area contributed by atoms with Crippen molar-refractivity contribution in [3.05, 3.63) is 0 Å². The molecule has 3 N–H and O–H groups in total. The molecule has 0 atom stereocenters. The van der Waals surface area contributed by atoms with E-state index in [2.05, 4.69) is 11.6 Å². The second-order valence-corrected chi connectivity index (χ2v) is 7.75. The van der Waals surface area contributed by atoms with Crippen molar-refractivity contribution in [2.24, 2.45) is 11.7 Å². The van der Waals surface area contributed by atoms with Crippen molar-refractivity contribution < 1.29 is 13.2 Å². The standard InChI is InChI=1S/C14H31N3O3S/c1-4-10-17(21(18,19)16-9-11-20-3)14(12-15)7-5-13(2)6-8-14/h13,16H,4-12,15H2,1-3H3. The average molecular weight is 321 g/mol. The molecule has 1 fully saturated rings. The van der Waals surface area contributed by atoms with E-state index in [1.807, 2.05) is 6.92 Å². The first-order valence-electron chi connectivity index (χ1n) is 7.88. The summed E-state index contributed by atoms with van der Waals surface area (Å²) in [4.78, 5) is 0. The van der Waals surface area contributed by atoms with E-state index >= 15 is 0 Å². The molecule has 0 radical (unpaired) electrons. The Bertz CT molecular complexity index is 392. The molecule has 1 aliphatic carbocycles. The summed E-state index contributed by atoms with van der Waals surface area (Å²) in [6, 6.07) is 0. The van der Waals surface area contributed by atoms with Gasteiger partial charge in [0.05, 0.1) is 6.61 Å². The highest BCUT2D eigenvalue weighted by atomic mass is 32.2. The summed E-state index contributed by atoms with van der Waals surface area (Å²) in [6.07, 6.45) is 4.53. The first-order valence-corrected chi connectivity index (χ1v) is 9.32. The molecule has 1 aliphatic rings. The summed E-state index contributed by atoms with van der Waals surface area (Å²) in [6.45, 7) is 5.75. The number of rotatable bonds is 9. The first kappa shape index (κ1) is 18.8. The molecule has 0 aliphatic heterocycles. The van der Waals surface area contributed by atoms with Gasteiger partial charge in [-0.15, -0.1) is 0 Å². The summed E-state index contributed by atoms with van der Waals surface area (Å²) >= 11 is 0. The summed E-state index contributed by atoms with van der Waals surface area (Å²) in [5.74, 6) is 0.650. The molecular formula is C14H31N3O3S. The van der Waals surface area contributed by atoms with Crippen molar-refractivity contribution >= 4 is 10.2 Å². The molecule has 6 nitrogen and oxygen atoms in total. The molecule has 0 heterocycles. The van der Waals surface area contributed by atoms with Crippen LogP contribution in [-0.4, -0.2) is 51.6 Å². The summed E-state index contributed by atoms with van der Waals surface area (Å²) in [5, 5.41) is 0. The summed E-state index contributed by atoms with van der Waals surface area (Å²) < 4.78 is 34.4. The van der Waals surface area contributed by atoms with Crippen LogP contribution >= 0.6 is 0 Å². The van der Waals surface area contributed by atoms with Crippen LogP contribution in [0.1, 0.15) is 46.0 Å². The number of nitrogens with zero attached hydrogens (tertiary/aromatic N) is 1. The highest BCUT2D eigenvalue weighted by Gasteiger charge is 2.43. The molecule has 21 heavy (non-hydrogen) atoms. The zero-order valence-corrected chi connectivity index (χ0v) is 14.4. The van der Waals surface area contributed by atoms with Gasteiger partial charge in [0.25, 0.3) is 10.2 Å². The second-order valence-electron chi connectivity index (χ2n) is 6.08. The molecule has 0 aromatic heterocycles. The van der Waals surface area contributed by atoms with E-state index in [0.29, 0.717) is 25.6 Å². The molecule has 0 bridgehead atoms. The molecule has 0 amide bonds. The maximum absolute atomic E-state index is 12.6. The van der Waals surface area contributed by atoms with Crippen molar-refractivity contribution in [1.29, 1.82) is 0 Å². The Morgan fingerprint density at radius 3 is 2.48 bits per heavy atom. The van der Waals surface area contributed by atoms with Crippen molar-refractivity contribution in [3.63, 3.8) is 0 Å². The molecule has 1 rings (SSSR count). The minimum atomic E-state index is -3.52. The molecule has 0 spiro atoms. The molecule has 0 aromatic carbocycles. The van der Waals surface area contributed by atoms with Gasteiger partial charge in [0.2, 0.25) is 0 Å². The lowest BCUT2D eigenvalue weighted by atomic mass is 9.77. The number of nitrogens with one attached hydrogen (secondary N) is 1. The summed E-state index contributed by atoms with van der Waals surface area (Å²) in [7, 11) is -1.96. The lowest BCUT2D eigenvalue weighted by Crippen LogP contribution is -2.60. The Morgan fingerprint density at radius 2 is 2.00 bits per heavy atom. The Balaban J connectivity index is 2.92. The molecular weight excluding hydrogens is 290 g/mol. The van der Waals surface area contributed by atoms with Gasteiger partial charge in [-0.1, -0.05) is 13.8 Å². The van der Waals surface area contributed by atoms with Crippen LogP contribution < -0.4 is 10.5 Å². The molecule has 7 heteroatoms. The lowest BCUT2D eigenvalue weighted by Gasteiger charge is -2.46. The largest absolute Gasteiger partial charge is 0.383 e. The van der Waals surface area contributed by atoms with Crippen LogP contribution in [0.15, 0.2) is 0 Å². The van der Waals surface area contributed by atoms with Gasteiger partial charge in [-0.25, -0.2) is 0 Å². The molecule has 0 saturated heterocycles. The zero-order valence-electron chi connectivity index (χ0n) is 13.6. The third-order valence-corrected chi connectivity index (χ3v) is 6.14. The van der Waals surface area contributed by atoms with E-state index < -0.39 is 15.7 Å². The Labute approximate surface area is 129 Å². The van der Waals surface area contributed by atoms with Crippen LogP contribution in [0, 0.1) is 5.92 Å². The van der Waals surface area contributed by atoms with E-state index in [4.69, 9.17) is 10.5 Å². The van der Waals surface area contributed by atoms with Gasteiger partial charge in [0, 0.05) is 32.3 Å². The number of ether oxygens (including phenoxy) is 1. The van der Waals surface area contributed by atoms with Crippen LogP contribution in [0.3, 0.4) is 0 Å². The van der Waals surface area contributed by atoms with E-state index in [1.165, 1.54) is 0 Å². The second kappa shape index (κ2) is 8.43. The van der Waals surface area contributed by atoms with Crippen LogP contribution in [0.2, 0.25) is 0 Å². The van der Waals surface area contributed by atoms with Gasteiger partial charge in [-0.2, -0.15) is 17.4 Å². The maximum Gasteiger partial charge on any atom is 0.280 e. The highest BCUT2D eigenvalue weighted by Crippen LogP contribution is 2.37. The number of hydrogen-bond donors (Lipinski definition) is 2. The van der Waals surface area contributed by atoms with E-state index in [9.17, 15) is 8.42 Å². The maximum atomic E-state index is 12.6. The SMILES string of the molecule is CCCN(C1(CN)CCC(C)CC1)S(=O)(=O)NCCOC. The molecule has 0 aromatic rings. The lowest BCUT2D eigenvalue weighted by molar-refractivity contribution is 0.114. The predicted molar refractivity (Wildman–Crippen MR) is 85.2 cm³/mol. The van der Waals surface area contributed by atoms with Crippen molar-refractivity contribution in [2.75, 3.05) is 33.4 Å². The van der Waals surface area contributed by atoms with Gasteiger partial charge in [-0.3, -0.25) is 0 Å². The van der Waals surface area contributed by atoms with Crippen molar-refractivity contribution in [2.45, 2.75) is 51.5 Å². The summed E-state index contributed by atoms with van der Waals surface area (Å²) in [5.41, 5.74) is 5.58. The predicted octanol–water partition coefficient (Wildman–Crippen LogP) is 1.09. The number of methoxy groups -OCH3 is 1. The fraction of sp³-hybridized carbons (Fsp3) is 1.00. The number of nitrogens with two attached hydrogens (primary N) is 1. The Hall–Kier alpha value is -0.210. The normalized spacial score (nSPS) is 27.2. The first-order chi connectivity index (χ1) is 9.91. The van der Waals surface area contributed by atoms with E-state index in [-0.39, 0.29) is 6.54 Å². The van der Waals surface area contributed by atoms with Crippen LogP contribution in [0.4, 0.5) is 0 Å². The smallest absolute Gasteiger partial charge is 0.280 e. The van der Waals surface area contributed by atoms with Crippen LogP contribution in [-0.2, 0) is 14.9 Å². The number of hydrogen-bond acceptors (Lipinski definition) is 4. The highest BCUT2D eigenvalue weighted by molar-refractivity contribution is 7.87. The quantitative estimate of drug-likeness (QED) is 0.623. The van der Waals surface area contributed by atoms with E-state index in [1.54, 1.807) is 11.4 Å². The zero-order chi connectivity index (χ0) is 15.9. The van der Waals surface area contributed by atoms with E-state index in [0.717, 1.165) is 32.1 Å². The Morgan fingerprint density at radius 1 is 1.38 bits per heavy atom. The van der Waals surface area contributed by atoms with Gasteiger partial charge < -0.3 is 10.5 Å². The van der Waals surface area contributed by atoms with Crippen LogP contribution in [0.5, 0.6) is 0 Å². The Kier molecular flexibility index (Phi) is 7.56. The monoisotopic (exact) mass is 321 g/mol. The van der Waals surface area contributed by atoms with Crippen molar-refractivity contribution in [1.82, 2.24) is 9.03 Å². The van der Waals surface area contributed by atoms with Crippen LogP contribution in [0.25, 0.3) is 0 Å². The third kappa shape index (κ3) is 4.89. The molecule has 0 unspecified atom stereocenters. The topological polar surface area (TPSA) is 84.7 Å². The average Bonchev–Trinajstić information content (AvgIpc) is 2.46. The molecule has 1 saturated carbocycles. The third-order valence-electron chi connectivity index (χ3n) is 4.42. The minimum Gasteiger partial charge on any atom is -0.383 e. The van der Waals surface area contributed by atoms with Gasteiger partial charge in [0.1, 0.15) is 0 Å². The van der Waals surface area contributed by atoms with Gasteiger partial charge in [0.15, 0.2) is 0 Å². The minimum absolute atomic E-state index is 0.288. The van der Waals surface area contributed by atoms with Crippen molar-refractivity contribution in [3.8, 4) is 0 Å².